The number of rotatable bonds is 5. The molecule has 0 saturated carbocycles. The largest absolute Gasteiger partial charge is 0.491 e. The molecule has 1 aliphatic rings. The van der Waals surface area contributed by atoms with E-state index in [9.17, 15) is 0 Å². The highest BCUT2D eigenvalue weighted by Crippen LogP contribution is 2.26. The lowest BCUT2D eigenvalue weighted by Crippen LogP contribution is -2.40. The van der Waals surface area contributed by atoms with Crippen molar-refractivity contribution in [2.75, 3.05) is 26.3 Å². The Morgan fingerprint density at radius 2 is 1.81 bits per heavy atom. The molecule has 0 spiro atoms. The highest BCUT2D eigenvalue weighted by molar-refractivity contribution is 9.09. The van der Waals surface area contributed by atoms with E-state index in [0.717, 1.165) is 18.8 Å². The average molecular weight is 356 g/mol. The number of halogens is 1. The Balaban J connectivity index is 1.70. The van der Waals surface area contributed by atoms with Gasteiger partial charge in [-0.1, -0.05) is 33.6 Å². The van der Waals surface area contributed by atoms with E-state index < -0.39 is 0 Å². The van der Waals surface area contributed by atoms with Gasteiger partial charge in [-0.05, 0) is 39.8 Å². The molecule has 0 N–H and O–H groups in total. The lowest BCUT2D eigenvalue weighted by atomic mass is 10.1. The second-order valence-electron chi connectivity index (χ2n) is 6.66. The van der Waals surface area contributed by atoms with Crippen LogP contribution in [0.4, 0.5) is 0 Å². The molecule has 0 radical (unpaired) electrons. The summed E-state index contributed by atoms with van der Waals surface area (Å²) in [5.41, 5.74) is 1.44. The van der Waals surface area contributed by atoms with Gasteiger partial charge in [-0.2, -0.15) is 0 Å². The van der Waals surface area contributed by atoms with Crippen LogP contribution in [0.3, 0.4) is 0 Å². The van der Waals surface area contributed by atoms with Gasteiger partial charge < -0.3 is 9.47 Å². The van der Waals surface area contributed by atoms with Crippen LogP contribution in [0, 0.1) is 6.92 Å². The summed E-state index contributed by atoms with van der Waals surface area (Å²) in [6.07, 6.45) is 0.242. The summed E-state index contributed by atoms with van der Waals surface area (Å²) in [7, 11) is 0. The molecular weight excluding hydrogens is 330 g/mol. The van der Waals surface area contributed by atoms with Gasteiger partial charge in [-0.15, -0.1) is 0 Å². The standard InChI is InChI=1S/C17H26BrNO2/c1-13-5-7-14(8-6-13)20-9-10-21-16-12-19(11-15(16)18)17(2,3)4/h5-8,15-16H,9-12H2,1-4H3. The highest BCUT2D eigenvalue weighted by atomic mass is 79.9. The molecule has 1 heterocycles. The van der Waals surface area contributed by atoms with Crippen molar-refractivity contribution < 1.29 is 9.47 Å². The summed E-state index contributed by atoms with van der Waals surface area (Å²) in [5.74, 6) is 0.905. The van der Waals surface area contributed by atoms with E-state index in [2.05, 4.69) is 60.7 Å². The minimum atomic E-state index is 0.197. The Labute approximate surface area is 136 Å². The first-order valence-electron chi connectivity index (χ1n) is 7.56. The van der Waals surface area contributed by atoms with Crippen LogP contribution < -0.4 is 4.74 Å². The number of hydrogen-bond donors (Lipinski definition) is 0. The maximum Gasteiger partial charge on any atom is 0.119 e. The third-order valence-corrected chi connectivity index (χ3v) is 4.73. The summed E-state index contributed by atoms with van der Waals surface area (Å²) in [4.78, 5) is 2.86. The first kappa shape index (κ1) is 16.8. The molecule has 118 valence electrons. The zero-order chi connectivity index (χ0) is 15.5. The van der Waals surface area contributed by atoms with E-state index >= 15 is 0 Å². The molecule has 2 unspecified atom stereocenters. The van der Waals surface area contributed by atoms with Gasteiger partial charge in [0.2, 0.25) is 0 Å². The van der Waals surface area contributed by atoms with Crippen molar-refractivity contribution in [1.82, 2.24) is 4.90 Å². The van der Waals surface area contributed by atoms with E-state index in [0.29, 0.717) is 18.0 Å². The zero-order valence-electron chi connectivity index (χ0n) is 13.4. The fourth-order valence-electron chi connectivity index (χ4n) is 2.43. The molecule has 1 aromatic rings. The Kier molecular flexibility index (Phi) is 5.69. The third kappa shape index (κ3) is 4.97. The van der Waals surface area contributed by atoms with Crippen LogP contribution in [0.2, 0.25) is 0 Å². The summed E-state index contributed by atoms with van der Waals surface area (Å²) in [6.45, 7) is 12.0. The van der Waals surface area contributed by atoms with Crippen LogP contribution >= 0.6 is 15.9 Å². The first-order chi connectivity index (χ1) is 9.86. The lowest BCUT2D eigenvalue weighted by molar-refractivity contribution is 0.0343. The number of likely N-dealkylation sites (tertiary alicyclic amines) is 1. The topological polar surface area (TPSA) is 21.7 Å². The van der Waals surface area contributed by atoms with E-state index in [1.54, 1.807) is 0 Å². The average Bonchev–Trinajstić information content (AvgIpc) is 2.78. The van der Waals surface area contributed by atoms with Crippen LogP contribution in [0.25, 0.3) is 0 Å². The molecule has 0 aliphatic carbocycles. The number of nitrogens with zero attached hydrogens (tertiary/aromatic N) is 1. The maximum atomic E-state index is 5.97. The molecule has 2 rings (SSSR count). The van der Waals surface area contributed by atoms with E-state index in [1.165, 1.54) is 5.56 Å². The van der Waals surface area contributed by atoms with Gasteiger partial charge in [-0.25, -0.2) is 0 Å². The minimum Gasteiger partial charge on any atom is -0.491 e. The van der Waals surface area contributed by atoms with Crippen LogP contribution in [0.15, 0.2) is 24.3 Å². The van der Waals surface area contributed by atoms with Crippen LogP contribution in [-0.4, -0.2) is 47.7 Å². The second kappa shape index (κ2) is 7.12. The summed E-state index contributed by atoms with van der Waals surface area (Å²) >= 11 is 3.74. The van der Waals surface area contributed by atoms with Gasteiger partial charge in [0.15, 0.2) is 0 Å². The van der Waals surface area contributed by atoms with Gasteiger partial charge in [0.1, 0.15) is 12.4 Å². The van der Waals surface area contributed by atoms with E-state index in [1.807, 2.05) is 12.1 Å². The molecule has 4 heteroatoms. The summed E-state index contributed by atoms with van der Waals surface area (Å²) in [5, 5.41) is 0. The van der Waals surface area contributed by atoms with Crippen molar-refractivity contribution in [3.05, 3.63) is 29.8 Å². The van der Waals surface area contributed by atoms with Crippen LogP contribution in [0.1, 0.15) is 26.3 Å². The van der Waals surface area contributed by atoms with E-state index in [-0.39, 0.29) is 11.6 Å². The van der Waals surface area contributed by atoms with Crippen molar-refractivity contribution >= 4 is 15.9 Å². The molecule has 1 aliphatic heterocycles. The summed E-state index contributed by atoms with van der Waals surface area (Å²) < 4.78 is 11.7. The molecule has 21 heavy (non-hydrogen) atoms. The molecule has 1 aromatic carbocycles. The number of ether oxygens (including phenoxy) is 2. The molecule has 1 fully saturated rings. The smallest absolute Gasteiger partial charge is 0.119 e. The quantitative estimate of drug-likeness (QED) is 0.594. The Bertz CT molecular complexity index is 441. The van der Waals surface area contributed by atoms with E-state index in [4.69, 9.17) is 9.47 Å². The van der Waals surface area contributed by atoms with Gasteiger partial charge in [0.25, 0.3) is 0 Å². The molecule has 1 saturated heterocycles. The molecular formula is C17H26BrNO2. The number of alkyl halides is 1. The van der Waals surface area contributed by atoms with Crippen molar-refractivity contribution in [2.24, 2.45) is 0 Å². The van der Waals surface area contributed by atoms with Crippen molar-refractivity contribution in [2.45, 2.75) is 44.2 Å². The first-order valence-corrected chi connectivity index (χ1v) is 8.48. The minimum absolute atomic E-state index is 0.197. The fourth-order valence-corrected chi connectivity index (χ4v) is 3.10. The molecule has 0 bridgehead atoms. The van der Waals surface area contributed by atoms with Crippen molar-refractivity contribution in [3.63, 3.8) is 0 Å². The SMILES string of the molecule is Cc1ccc(OCCOC2CN(C(C)(C)C)CC2Br)cc1. The van der Waals surface area contributed by atoms with Gasteiger partial charge in [-0.3, -0.25) is 4.90 Å². The predicted octanol–water partition coefficient (Wildman–Crippen LogP) is 3.64. The molecule has 3 nitrogen and oxygen atoms in total. The van der Waals surface area contributed by atoms with Crippen molar-refractivity contribution in [3.8, 4) is 5.75 Å². The van der Waals surface area contributed by atoms with Gasteiger partial charge in [0, 0.05) is 18.6 Å². The molecule has 0 aromatic heterocycles. The van der Waals surface area contributed by atoms with Crippen LogP contribution in [0.5, 0.6) is 5.75 Å². The second-order valence-corrected chi connectivity index (χ2v) is 7.84. The maximum absolute atomic E-state index is 5.97. The number of benzene rings is 1. The zero-order valence-corrected chi connectivity index (χ0v) is 15.0. The normalized spacial score (nSPS) is 23.5. The highest BCUT2D eigenvalue weighted by Gasteiger charge is 2.36. The molecule has 2 atom stereocenters. The summed E-state index contributed by atoms with van der Waals surface area (Å²) in [6, 6.07) is 8.12. The lowest BCUT2D eigenvalue weighted by Gasteiger charge is -2.31. The van der Waals surface area contributed by atoms with Gasteiger partial charge in [0.05, 0.1) is 17.5 Å². The Morgan fingerprint density at radius 1 is 1.14 bits per heavy atom. The monoisotopic (exact) mass is 355 g/mol. The number of hydrogen-bond acceptors (Lipinski definition) is 3. The number of aryl methyl sites for hydroxylation is 1. The Morgan fingerprint density at radius 3 is 2.38 bits per heavy atom. The third-order valence-electron chi connectivity index (χ3n) is 3.85. The fraction of sp³-hybridized carbons (Fsp3) is 0.647. The molecule has 0 amide bonds. The van der Waals surface area contributed by atoms with Crippen LogP contribution in [-0.2, 0) is 4.74 Å². The predicted molar refractivity (Wildman–Crippen MR) is 90.5 cm³/mol. The van der Waals surface area contributed by atoms with Crippen molar-refractivity contribution in [1.29, 1.82) is 0 Å². The van der Waals surface area contributed by atoms with Gasteiger partial charge >= 0.3 is 0 Å². The Hall–Kier alpha value is -0.580.